The van der Waals surface area contributed by atoms with Gasteiger partial charge in [-0.05, 0) is 54.6 Å². The standard InChI is InChI=1S/C25H21FN2O5S2/c26-17-7-11-19(12-8-17)35(31)15-21-20-3-1-2-4-22(20)33-23(21)24(29)27-13-14-32-18-9-5-16(6-10-18)25(34)28-30/h1-12,30H,13-15H2,(H,27,29)(H,28,34). The number of carbonyl (C=O) groups is 1. The first-order chi connectivity index (χ1) is 17.0. The number of carbonyl (C=O) groups excluding carboxylic acids is 1. The van der Waals surface area contributed by atoms with Crippen LogP contribution >= 0.6 is 12.2 Å². The summed E-state index contributed by atoms with van der Waals surface area (Å²) in [6, 6.07) is 19.4. The van der Waals surface area contributed by atoms with Crippen LogP contribution in [-0.4, -0.2) is 33.5 Å². The van der Waals surface area contributed by atoms with E-state index in [9.17, 15) is 13.4 Å². The molecule has 0 fully saturated rings. The minimum Gasteiger partial charge on any atom is -0.492 e. The molecule has 0 saturated heterocycles. The smallest absolute Gasteiger partial charge is 0.287 e. The van der Waals surface area contributed by atoms with Crippen LogP contribution < -0.4 is 15.5 Å². The Hall–Kier alpha value is -3.60. The second-order valence-corrected chi connectivity index (χ2v) is 9.28. The fraction of sp³-hybridized carbons (Fsp3) is 0.120. The van der Waals surface area contributed by atoms with Crippen LogP contribution in [0.25, 0.3) is 11.0 Å². The average molecular weight is 513 g/mol. The number of ether oxygens (including phenoxy) is 1. The molecule has 4 aromatic rings. The molecule has 3 N–H and O–H groups in total. The maximum absolute atomic E-state index is 13.2. The summed E-state index contributed by atoms with van der Waals surface area (Å²) >= 11 is 4.95. The molecule has 1 atom stereocenters. The van der Waals surface area contributed by atoms with Crippen LogP contribution in [0, 0.1) is 5.82 Å². The molecule has 1 heterocycles. The Morgan fingerprint density at radius 3 is 2.49 bits per heavy atom. The highest BCUT2D eigenvalue weighted by Gasteiger charge is 2.22. The lowest BCUT2D eigenvalue weighted by Gasteiger charge is -2.09. The van der Waals surface area contributed by atoms with Gasteiger partial charge < -0.3 is 14.5 Å². The van der Waals surface area contributed by atoms with Gasteiger partial charge in [0.2, 0.25) is 0 Å². The van der Waals surface area contributed by atoms with Gasteiger partial charge in [-0.3, -0.25) is 19.7 Å². The molecular formula is C25H21FN2O5S2. The number of hydrogen-bond acceptors (Lipinski definition) is 6. The van der Waals surface area contributed by atoms with E-state index in [0.29, 0.717) is 32.7 Å². The van der Waals surface area contributed by atoms with Crippen LogP contribution in [0.15, 0.2) is 82.1 Å². The molecular weight excluding hydrogens is 491 g/mol. The van der Waals surface area contributed by atoms with E-state index in [-0.39, 0.29) is 29.7 Å². The van der Waals surface area contributed by atoms with Gasteiger partial charge in [-0.1, -0.05) is 30.4 Å². The molecule has 1 aromatic heterocycles. The van der Waals surface area contributed by atoms with Crippen molar-refractivity contribution in [1.29, 1.82) is 0 Å². The summed E-state index contributed by atoms with van der Waals surface area (Å²) in [4.78, 5) is 13.6. The lowest BCUT2D eigenvalue weighted by molar-refractivity contribution is 0.0920. The van der Waals surface area contributed by atoms with Crippen molar-refractivity contribution >= 4 is 44.9 Å². The van der Waals surface area contributed by atoms with E-state index in [1.54, 1.807) is 42.5 Å². The number of hydroxylamine groups is 1. The van der Waals surface area contributed by atoms with E-state index in [1.807, 2.05) is 11.5 Å². The van der Waals surface area contributed by atoms with Crippen molar-refractivity contribution in [3.05, 3.63) is 95.5 Å². The monoisotopic (exact) mass is 512 g/mol. The summed E-state index contributed by atoms with van der Waals surface area (Å²) < 4.78 is 37.6. The Bertz CT molecular complexity index is 1370. The van der Waals surface area contributed by atoms with Gasteiger partial charge in [-0.2, -0.15) is 0 Å². The number of para-hydroxylation sites is 1. The van der Waals surface area contributed by atoms with Gasteiger partial charge in [-0.15, -0.1) is 0 Å². The Morgan fingerprint density at radius 2 is 1.77 bits per heavy atom. The Labute approximate surface area is 208 Å². The van der Waals surface area contributed by atoms with Crippen molar-refractivity contribution in [2.75, 3.05) is 13.2 Å². The molecule has 0 spiro atoms. The predicted molar refractivity (Wildman–Crippen MR) is 134 cm³/mol. The molecule has 4 rings (SSSR count). The Kier molecular flexibility index (Phi) is 7.86. The first kappa shape index (κ1) is 24.5. The molecule has 0 radical (unpaired) electrons. The van der Waals surface area contributed by atoms with Gasteiger partial charge in [0.1, 0.15) is 28.7 Å². The van der Waals surface area contributed by atoms with Crippen molar-refractivity contribution in [2.24, 2.45) is 0 Å². The minimum atomic E-state index is -1.50. The van der Waals surface area contributed by atoms with Gasteiger partial charge in [0.25, 0.3) is 5.91 Å². The number of furan rings is 1. The lowest BCUT2D eigenvalue weighted by atomic mass is 10.1. The van der Waals surface area contributed by atoms with Crippen molar-refractivity contribution in [3.8, 4) is 5.75 Å². The van der Waals surface area contributed by atoms with Gasteiger partial charge in [0.05, 0.1) is 23.1 Å². The van der Waals surface area contributed by atoms with E-state index in [1.165, 1.54) is 24.3 Å². The second kappa shape index (κ2) is 11.2. The average Bonchev–Trinajstić information content (AvgIpc) is 3.25. The van der Waals surface area contributed by atoms with Crippen molar-refractivity contribution in [2.45, 2.75) is 10.6 Å². The summed E-state index contributed by atoms with van der Waals surface area (Å²) in [5.74, 6) is -0.174. The molecule has 0 aliphatic heterocycles. The molecule has 0 aliphatic carbocycles. The fourth-order valence-corrected chi connectivity index (χ4v) is 4.70. The van der Waals surface area contributed by atoms with Gasteiger partial charge >= 0.3 is 0 Å². The highest BCUT2D eigenvalue weighted by atomic mass is 32.2. The third-order valence-corrected chi connectivity index (χ3v) is 6.81. The number of rotatable bonds is 9. The van der Waals surface area contributed by atoms with Gasteiger partial charge in [0, 0.05) is 21.4 Å². The molecule has 0 bridgehead atoms. The van der Waals surface area contributed by atoms with E-state index >= 15 is 0 Å². The SMILES string of the molecule is O=C(NCCOc1ccc(C(=S)NO)cc1)c1oc2ccccc2c1CS(=O)c1ccc(F)cc1. The summed E-state index contributed by atoms with van der Waals surface area (Å²) in [6.45, 7) is 0.402. The molecule has 1 amide bonds. The number of fused-ring (bicyclic) bond motifs is 1. The molecule has 0 aliphatic rings. The summed E-state index contributed by atoms with van der Waals surface area (Å²) in [5, 5.41) is 12.3. The third kappa shape index (κ3) is 5.91. The van der Waals surface area contributed by atoms with Crippen LogP contribution in [0.3, 0.4) is 0 Å². The topological polar surface area (TPSA) is 101 Å². The first-order valence-corrected chi connectivity index (χ1v) is 12.3. The number of halogens is 1. The Balaban J connectivity index is 1.42. The molecule has 10 heteroatoms. The van der Waals surface area contributed by atoms with Crippen molar-refractivity contribution in [3.63, 3.8) is 0 Å². The van der Waals surface area contributed by atoms with Crippen LogP contribution in [0.2, 0.25) is 0 Å². The first-order valence-electron chi connectivity index (χ1n) is 10.6. The zero-order chi connectivity index (χ0) is 24.8. The number of hydrogen-bond donors (Lipinski definition) is 3. The fourth-order valence-electron chi connectivity index (χ4n) is 3.41. The number of thiocarbonyl (C=S) groups is 1. The maximum Gasteiger partial charge on any atom is 0.287 e. The zero-order valence-corrected chi connectivity index (χ0v) is 20.0. The molecule has 35 heavy (non-hydrogen) atoms. The number of amides is 1. The van der Waals surface area contributed by atoms with Gasteiger partial charge in [-0.25, -0.2) is 4.39 Å². The molecule has 180 valence electrons. The van der Waals surface area contributed by atoms with Crippen LogP contribution in [0.1, 0.15) is 21.7 Å². The molecule has 0 saturated carbocycles. The lowest BCUT2D eigenvalue weighted by Crippen LogP contribution is -2.28. The molecule has 1 unspecified atom stereocenters. The summed E-state index contributed by atoms with van der Waals surface area (Å²) in [7, 11) is -1.50. The number of nitrogens with one attached hydrogen (secondary N) is 2. The Morgan fingerprint density at radius 1 is 1.06 bits per heavy atom. The van der Waals surface area contributed by atoms with Crippen molar-refractivity contribution in [1.82, 2.24) is 10.8 Å². The molecule has 3 aromatic carbocycles. The summed E-state index contributed by atoms with van der Waals surface area (Å²) in [6.07, 6.45) is 0. The summed E-state index contributed by atoms with van der Waals surface area (Å²) in [5.41, 5.74) is 3.58. The molecule has 7 nitrogen and oxygen atoms in total. The van der Waals surface area contributed by atoms with E-state index in [2.05, 4.69) is 5.32 Å². The van der Waals surface area contributed by atoms with E-state index < -0.39 is 22.5 Å². The van der Waals surface area contributed by atoms with Crippen molar-refractivity contribution < 1.29 is 27.8 Å². The van der Waals surface area contributed by atoms with E-state index in [0.717, 1.165) is 0 Å². The highest BCUT2D eigenvalue weighted by Crippen LogP contribution is 2.28. The second-order valence-electron chi connectivity index (χ2n) is 7.42. The van der Waals surface area contributed by atoms with Gasteiger partial charge in [0.15, 0.2) is 5.76 Å². The van der Waals surface area contributed by atoms with Crippen LogP contribution in [0.4, 0.5) is 4.39 Å². The minimum absolute atomic E-state index is 0.0405. The largest absolute Gasteiger partial charge is 0.492 e. The highest BCUT2D eigenvalue weighted by molar-refractivity contribution is 7.84. The van der Waals surface area contributed by atoms with Crippen LogP contribution in [0.5, 0.6) is 5.75 Å². The predicted octanol–water partition coefficient (Wildman–Crippen LogP) is 4.34. The zero-order valence-electron chi connectivity index (χ0n) is 18.3. The van der Waals surface area contributed by atoms with E-state index in [4.69, 9.17) is 26.6 Å². The van der Waals surface area contributed by atoms with Crippen LogP contribution in [-0.2, 0) is 16.6 Å². The third-order valence-electron chi connectivity index (χ3n) is 5.13. The number of benzene rings is 3. The quantitative estimate of drug-likeness (QED) is 0.174. The normalized spacial score (nSPS) is 11.7. The maximum atomic E-state index is 13.2.